The first-order valence-electron chi connectivity index (χ1n) is 12.0. The zero-order valence-corrected chi connectivity index (χ0v) is 20.7. The zero-order chi connectivity index (χ0) is 22.6. The molecule has 0 aliphatic rings. The quantitative estimate of drug-likeness (QED) is 0.124. The lowest BCUT2D eigenvalue weighted by Gasteiger charge is -2.15. The molecule has 2 atom stereocenters. The summed E-state index contributed by atoms with van der Waals surface area (Å²) >= 11 is 5.96. The van der Waals surface area contributed by atoms with Crippen molar-refractivity contribution in [1.82, 2.24) is 4.90 Å². The Hall–Kier alpha value is -0.810. The molecule has 0 aliphatic carbocycles. The van der Waals surface area contributed by atoms with Crippen LogP contribution in [0.3, 0.4) is 0 Å². The van der Waals surface area contributed by atoms with Crippen LogP contribution in [0.4, 0.5) is 0 Å². The molecule has 0 aromatic rings. The van der Waals surface area contributed by atoms with Crippen LogP contribution in [-0.2, 0) is 19.1 Å². The Balaban J connectivity index is 3.62. The Morgan fingerprint density at radius 1 is 0.867 bits per heavy atom. The topological polar surface area (TPSA) is 55.8 Å². The number of unbranched alkanes of at least 4 members (excludes halogenated alkanes) is 10. The van der Waals surface area contributed by atoms with Gasteiger partial charge in [0.05, 0.1) is 5.92 Å². The number of hydrogen-bond acceptors (Lipinski definition) is 5. The summed E-state index contributed by atoms with van der Waals surface area (Å²) in [5.74, 6) is -0.776. The van der Waals surface area contributed by atoms with Crippen molar-refractivity contribution in [2.24, 2.45) is 5.92 Å². The Morgan fingerprint density at radius 3 is 1.93 bits per heavy atom. The highest BCUT2D eigenvalue weighted by Crippen LogP contribution is 2.15. The molecule has 0 N–H and O–H groups in total. The number of hydrogen-bond donors (Lipinski definition) is 0. The molecule has 178 valence electrons. The van der Waals surface area contributed by atoms with Crippen molar-refractivity contribution in [3.63, 3.8) is 0 Å². The molecule has 0 aromatic carbocycles. The average molecular weight is 448 g/mol. The van der Waals surface area contributed by atoms with E-state index in [1.165, 1.54) is 57.8 Å². The third-order valence-electron chi connectivity index (χ3n) is 5.25. The third kappa shape index (κ3) is 19.2. The van der Waals surface area contributed by atoms with E-state index in [0.29, 0.717) is 12.8 Å². The first-order chi connectivity index (χ1) is 14.4. The fourth-order valence-electron chi connectivity index (χ4n) is 3.30. The summed E-state index contributed by atoms with van der Waals surface area (Å²) in [4.78, 5) is 25.7. The third-order valence-corrected chi connectivity index (χ3v) is 5.46. The van der Waals surface area contributed by atoms with E-state index in [2.05, 4.69) is 6.92 Å². The van der Waals surface area contributed by atoms with Gasteiger partial charge in [0.15, 0.2) is 0 Å². The minimum absolute atomic E-state index is 0.0948. The molecule has 0 aliphatic heterocycles. The molecule has 5 nitrogen and oxygen atoms in total. The Labute approximate surface area is 190 Å². The van der Waals surface area contributed by atoms with Gasteiger partial charge in [-0.15, -0.1) is 0 Å². The first-order valence-corrected chi connectivity index (χ1v) is 12.4. The average Bonchev–Trinajstić information content (AvgIpc) is 2.69. The summed E-state index contributed by atoms with van der Waals surface area (Å²) in [6.45, 7) is 4.85. The summed E-state index contributed by atoms with van der Waals surface area (Å²) < 4.78 is 10.3. The number of carbonyl (C=O) groups is 2. The molecule has 0 radical (unpaired) electrons. The standard InChI is InChI=1S/C24H46ClNO4/c1-5-6-7-8-9-10-11-12-13-14-15-17-21(2)24(28)29-20-22(25)30-23(27)18-16-19-26(3)4/h21-22H,5-20H2,1-4H3. The highest BCUT2D eigenvalue weighted by atomic mass is 35.5. The maximum Gasteiger partial charge on any atom is 0.308 e. The van der Waals surface area contributed by atoms with Gasteiger partial charge in [0.2, 0.25) is 5.56 Å². The van der Waals surface area contributed by atoms with Gasteiger partial charge in [0, 0.05) is 6.42 Å². The second kappa shape index (κ2) is 20.1. The lowest BCUT2D eigenvalue weighted by atomic mass is 10.0. The van der Waals surface area contributed by atoms with Crippen LogP contribution in [0.1, 0.15) is 104 Å². The molecule has 0 fully saturated rings. The van der Waals surface area contributed by atoms with Crippen molar-refractivity contribution in [3.8, 4) is 0 Å². The summed E-state index contributed by atoms with van der Waals surface area (Å²) in [7, 11) is 3.90. The van der Waals surface area contributed by atoms with Crippen LogP contribution in [0.5, 0.6) is 0 Å². The number of esters is 2. The zero-order valence-electron chi connectivity index (χ0n) is 19.9. The Bertz CT molecular complexity index is 431. The van der Waals surface area contributed by atoms with Crippen molar-refractivity contribution in [2.75, 3.05) is 27.2 Å². The SMILES string of the molecule is CCCCCCCCCCCCCC(C)C(=O)OCC(Cl)OC(=O)CCCN(C)C. The summed E-state index contributed by atoms with van der Waals surface area (Å²) in [5.41, 5.74) is -0.921. The molecular weight excluding hydrogens is 402 g/mol. The van der Waals surface area contributed by atoms with Gasteiger partial charge in [-0.25, -0.2) is 0 Å². The summed E-state index contributed by atoms with van der Waals surface area (Å²) in [6.07, 6.45) is 16.1. The molecule has 0 saturated carbocycles. The van der Waals surface area contributed by atoms with Gasteiger partial charge in [-0.2, -0.15) is 0 Å². The summed E-state index contributed by atoms with van der Waals surface area (Å²) in [5, 5.41) is 0. The smallest absolute Gasteiger partial charge is 0.308 e. The van der Waals surface area contributed by atoms with E-state index in [1.807, 2.05) is 25.9 Å². The largest absolute Gasteiger partial charge is 0.460 e. The van der Waals surface area contributed by atoms with Gasteiger partial charge >= 0.3 is 11.9 Å². The second-order valence-electron chi connectivity index (χ2n) is 8.66. The van der Waals surface area contributed by atoms with Crippen LogP contribution >= 0.6 is 11.6 Å². The van der Waals surface area contributed by atoms with Gasteiger partial charge in [-0.3, -0.25) is 9.59 Å². The normalized spacial score (nSPS) is 13.3. The fourth-order valence-corrected chi connectivity index (χ4v) is 3.46. The van der Waals surface area contributed by atoms with Crippen molar-refractivity contribution < 1.29 is 19.1 Å². The monoisotopic (exact) mass is 447 g/mol. The number of halogens is 1. The molecule has 0 bridgehead atoms. The van der Waals surface area contributed by atoms with E-state index in [9.17, 15) is 9.59 Å². The predicted octanol–water partition coefficient (Wildman–Crippen LogP) is 6.32. The first kappa shape index (κ1) is 29.2. The van der Waals surface area contributed by atoms with Crippen molar-refractivity contribution in [2.45, 2.75) is 109 Å². The number of alkyl halides is 1. The molecule has 30 heavy (non-hydrogen) atoms. The lowest BCUT2D eigenvalue weighted by Crippen LogP contribution is -2.23. The van der Waals surface area contributed by atoms with Gasteiger partial charge in [-0.1, -0.05) is 96.1 Å². The van der Waals surface area contributed by atoms with Gasteiger partial charge in [0.25, 0.3) is 0 Å². The van der Waals surface area contributed by atoms with E-state index in [4.69, 9.17) is 21.1 Å². The van der Waals surface area contributed by atoms with E-state index in [-0.39, 0.29) is 24.5 Å². The van der Waals surface area contributed by atoms with E-state index >= 15 is 0 Å². The second-order valence-corrected chi connectivity index (χ2v) is 9.15. The van der Waals surface area contributed by atoms with Crippen LogP contribution < -0.4 is 0 Å². The molecule has 0 saturated heterocycles. The molecule has 0 heterocycles. The summed E-state index contributed by atoms with van der Waals surface area (Å²) in [6, 6.07) is 0. The highest BCUT2D eigenvalue weighted by molar-refractivity contribution is 6.20. The van der Waals surface area contributed by atoms with Crippen LogP contribution in [-0.4, -0.2) is 49.6 Å². The lowest BCUT2D eigenvalue weighted by molar-refractivity contribution is -0.157. The molecule has 0 rings (SSSR count). The van der Waals surface area contributed by atoms with Crippen molar-refractivity contribution in [3.05, 3.63) is 0 Å². The Morgan fingerprint density at radius 2 is 1.40 bits per heavy atom. The van der Waals surface area contributed by atoms with Crippen LogP contribution in [0.15, 0.2) is 0 Å². The minimum Gasteiger partial charge on any atom is -0.460 e. The van der Waals surface area contributed by atoms with Gasteiger partial charge in [-0.05, 0) is 33.5 Å². The van der Waals surface area contributed by atoms with Crippen molar-refractivity contribution in [1.29, 1.82) is 0 Å². The molecule has 2 unspecified atom stereocenters. The predicted molar refractivity (Wildman–Crippen MR) is 125 cm³/mol. The van der Waals surface area contributed by atoms with E-state index in [0.717, 1.165) is 25.8 Å². The number of rotatable bonds is 20. The maximum absolute atomic E-state index is 12.1. The molecule has 0 spiro atoms. The Kier molecular flexibility index (Phi) is 19.6. The highest BCUT2D eigenvalue weighted by Gasteiger charge is 2.18. The van der Waals surface area contributed by atoms with Crippen molar-refractivity contribution >= 4 is 23.5 Å². The van der Waals surface area contributed by atoms with Gasteiger partial charge in [0.1, 0.15) is 6.61 Å². The van der Waals surface area contributed by atoms with Crippen LogP contribution in [0.2, 0.25) is 0 Å². The van der Waals surface area contributed by atoms with Crippen LogP contribution in [0, 0.1) is 5.92 Å². The maximum atomic E-state index is 12.1. The van der Waals surface area contributed by atoms with Gasteiger partial charge < -0.3 is 14.4 Å². The number of ether oxygens (including phenoxy) is 2. The van der Waals surface area contributed by atoms with E-state index in [1.54, 1.807) is 0 Å². The molecular formula is C24H46ClNO4. The fraction of sp³-hybridized carbons (Fsp3) is 0.917. The minimum atomic E-state index is -0.921. The van der Waals surface area contributed by atoms with Crippen LogP contribution in [0.25, 0.3) is 0 Å². The number of carbonyl (C=O) groups excluding carboxylic acids is 2. The molecule has 6 heteroatoms. The van der Waals surface area contributed by atoms with E-state index < -0.39 is 5.56 Å². The molecule has 0 aromatic heterocycles. The molecule has 0 amide bonds. The number of nitrogens with zero attached hydrogens (tertiary/aromatic N) is 1.